The predicted octanol–water partition coefficient (Wildman–Crippen LogP) is 5.06. The van der Waals surface area contributed by atoms with Gasteiger partial charge in [0.05, 0.1) is 19.8 Å². The van der Waals surface area contributed by atoms with E-state index < -0.39 is 0 Å². The van der Waals surface area contributed by atoms with Crippen molar-refractivity contribution >= 4 is 0 Å². The van der Waals surface area contributed by atoms with Gasteiger partial charge in [0.25, 0.3) is 5.89 Å². The first-order valence-electron chi connectivity index (χ1n) is 11.6. The highest BCUT2D eigenvalue weighted by Crippen LogP contribution is 2.35. The lowest BCUT2D eigenvalue weighted by Crippen LogP contribution is -2.30. The Kier molecular flexibility index (Phi) is 6.31. The highest BCUT2D eigenvalue weighted by Gasteiger charge is 2.24. The van der Waals surface area contributed by atoms with Gasteiger partial charge in [-0.2, -0.15) is 0 Å². The van der Waals surface area contributed by atoms with E-state index in [1.165, 1.54) is 11.1 Å². The Morgan fingerprint density at radius 3 is 2.44 bits per heavy atom. The molecule has 0 fully saturated rings. The summed E-state index contributed by atoms with van der Waals surface area (Å²) in [6, 6.07) is 14.1. The first kappa shape index (κ1) is 22.2. The molecule has 0 bridgehead atoms. The zero-order chi connectivity index (χ0) is 23.5. The molecule has 0 amide bonds. The summed E-state index contributed by atoms with van der Waals surface area (Å²) in [5.41, 5.74) is 4.91. The van der Waals surface area contributed by atoms with Crippen LogP contribution in [0.4, 0.5) is 0 Å². The van der Waals surface area contributed by atoms with Crippen LogP contribution in [0.5, 0.6) is 11.5 Å². The van der Waals surface area contributed by atoms with Crippen molar-refractivity contribution in [3.63, 3.8) is 0 Å². The molecule has 1 aliphatic rings. The second-order valence-corrected chi connectivity index (χ2v) is 8.22. The number of aromatic nitrogens is 3. The van der Waals surface area contributed by atoms with Crippen molar-refractivity contribution in [2.45, 2.75) is 40.3 Å². The van der Waals surface area contributed by atoms with Gasteiger partial charge in [0.1, 0.15) is 17.0 Å². The molecule has 0 aliphatic carbocycles. The fourth-order valence-corrected chi connectivity index (χ4v) is 4.32. The number of nitrogens with zero attached hydrogens (tertiary/aromatic N) is 4. The number of hydrogen-bond acceptors (Lipinski definition) is 8. The zero-order valence-electron chi connectivity index (χ0n) is 19.7. The Morgan fingerprint density at radius 1 is 0.971 bits per heavy atom. The first-order valence-corrected chi connectivity index (χ1v) is 11.6. The topological polar surface area (TPSA) is 86.7 Å². The van der Waals surface area contributed by atoms with Gasteiger partial charge in [-0.1, -0.05) is 35.5 Å². The number of rotatable bonds is 8. The molecule has 34 heavy (non-hydrogen) atoms. The molecule has 0 N–H and O–H groups in total. The molecule has 0 saturated heterocycles. The molecule has 1 aliphatic heterocycles. The van der Waals surface area contributed by atoms with Crippen LogP contribution >= 0.6 is 0 Å². The van der Waals surface area contributed by atoms with Crippen molar-refractivity contribution in [3.8, 4) is 34.2 Å². The second kappa shape index (κ2) is 9.69. The predicted molar refractivity (Wildman–Crippen MR) is 127 cm³/mol. The van der Waals surface area contributed by atoms with Crippen LogP contribution in [-0.4, -0.2) is 40.0 Å². The molecule has 8 heteroatoms. The molecular weight excluding hydrogens is 432 g/mol. The van der Waals surface area contributed by atoms with Crippen LogP contribution in [0.2, 0.25) is 0 Å². The Morgan fingerprint density at radius 2 is 1.71 bits per heavy atom. The quantitative estimate of drug-likeness (QED) is 0.361. The van der Waals surface area contributed by atoms with Crippen LogP contribution in [0.15, 0.2) is 51.4 Å². The molecule has 0 unspecified atom stereocenters. The van der Waals surface area contributed by atoms with E-state index in [0.29, 0.717) is 43.0 Å². The van der Waals surface area contributed by atoms with Crippen molar-refractivity contribution < 1.29 is 18.4 Å². The smallest absolute Gasteiger partial charge is 0.253 e. The summed E-state index contributed by atoms with van der Waals surface area (Å²) in [6.45, 7) is 9.27. The van der Waals surface area contributed by atoms with Gasteiger partial charge in [0.2, 0.25) is 5.89 Å². The number of hydrogen-bond donors (Lipinski definition) is 0. The van der Waals surface area contributed by atoms with E-state index in [2.05, 4.69) is 32.4 Å². The molecule has 176 valence electrons. The van der Waals surface area contributed by atoms with Crippen molar-refractivity contribution in [2.24, 2.45) is 0 Å². The van der Waals surface area contributed by atoms with Crippen molar-refractivity contribution in [1.29, 1.82) is 0 Å². The van der Waals surface area contributed by atoms with Gasteiger partial charge in [0.15, 0.2) is 11.5 Å². The second-order valence-electron chi connectivity index (χ2n) is 8.22. The highest BCUT2D eigenvalue weighted by molar-refractivity contribution is 5.77. The molecule has 0 saturated carbocycles. The summed E-state index contributed by atoms with van der Waals surface area (Å²) in [5, 5.41) is 12.8. The van der Waals surface area contributed by atoms with Gasteiger partial charge < -0.3 is 18.4 Å². The zero-order valence-corrected chi connectivity index (χ0v) is 19.7. The van der Waals surface area contributed by atoms with Crippen LogP contribution in [0.25, 0.3) is 22.7 Å². The maximum Gasteiger partial charge on any atom is 0.253 e. The van der Waals surface area contributed by atoms with E-state index in [1.54, 1.807) is 0 Å². The third-order valence-corrected chi connectivity index (χ3v) is 5.91. The monoisotopic (exact) mass is 460 g/mol. The van der Waals surface area contributed by atoms with Crippen molar-refractivity contribution in [3.05, 3.63) is 65.2 Å². The molecule has 2 aromatic carbocycles. The maximum atomic E-state index is 6.07. The summed E-state index contributed by atoms with van der Waals surface area (Å²) in [6.07, 6.45) is 0.922. The molecule has 2 aromatic heterocycles. The molecule has 3 heterocycles. The summed E-state index contributed by atoms with van der Waals surface area (Å²) in [7, 11) is 0. The van der Waals surface area contributed by atoms with E-state index >= 15 is 0 Å². The lowest BCUT2D eigenvalue weighted by molar-refractivity contribution is 0.220. The number of aryl methyl sites for hydroxylation is 1. The van der Waals surface area contributed by atoms with E-state index in [9.17, 15) is 0 Å². The molecule has 0 atom stereocenters. The van der Waals surface area contributed by atoms with Gasteiger partial charge in [-0.05, 0) is 50.5 Å². The van der Waals surface area contributed by atoms with Crippen LogP contribution in [-0.2, 0) is 19.5 Å². The van der Waals surface area contributed by atoms with Crippen LogP contribution < -0.4 is 9.47 Å². The Bertz CT molecular complexity index is 1270. The highest BCUT2D eigenvalue weighted by atomic mass is 16.5. The average molecular weight is 461 g/mol. The van der Waals surface area contributed by atoms with Crippen LogP contribution in [0.1, 0.15) is 36.6 Å². The van der Waals surface area contributed by atoms with Gasteiger partial charge in [-0.25, -0.2) is 0 Å². The van der Waals surface area contributed by atoms with E-state index in [4.69, 9.17) is 18.4 Å². The summed E-state index contributed by atoms with van der Waals surface area (Å²) in [4.78, 5) is 2.30. The molecule has 8 nitrogen and oxygen atoms in total. The van der Waals surface area contributed by atoms with Crippen molar-refractivity contribution in [2.75, 3.05) is 19.8 Å². The van der Waals surface area contributed by atoms with Gasteiger partial charge >= 0.3 is 0 Å². The summed E-state index contributed by atoms with van der Waals surface area (Å²) >= 11 is 0. The largest absolute Gasteiger partial charge is 0.490 e. The van der Waals surface area contributed by atoms with Crippen molar-refractivity contribution in [1.82, 2.24) is 20.3 Å². The minimum Gasteiger partial charge on any atom is -0.490 e. The van der Waals surface area contributed by atoms with Crippen LogP contribution in [0.3, 0.4) is 0 Å². The Labute approximate surface area is 198 Å². The SMILES string of the molecule is CCOc1cc2c(cc1OCC)CN(Cc1nnc(-c3c(-c4ccccc4)noc3C)o1)CC2. The number of fused-ring (bicyclic) bond motifs is 1. The first-order chi connectivity index (χ1) is 16.7. The normalized spacial score (nSPS) is 13.6. The molecule has 0 spiro atoms. The number of benzene rings is 2. The van der Waals surface area contributed by atoms with E-state index in [1.807, 2.05) is 51.1 Å². The lowest BCUT2D eigenvalue weighted by Gasteiger charge is -2.28. The van der Waals surface area contributed by atoms with Gasteiger partial charge in [0, 0.05) is 18.7 Å². The molecule has 0 radical (unpaired) electrons. The Balaban J connectivity index is 1.34. The molecular formula is C26H28N4O4. The van der Waals surface area contributed by atoms with E-state index in [-0.39, 0.29) is 0 Å². The lowest BCUT2D eigenvalue weighted by atomic mass is 9.99. The summed E-state index contributed by atoms with van der Waals surface area (Å²) in [5.74, 6) is 3.24. The standard InChI is InChI=1S/C26H28N4O4/c1-4-31-21-13-19-11-12-30(15-20(19)14-22(21)32-5-2)16-23-27-28-26(33-23)24-17(3)34-29-25(24)18-9-7-6-8-10-18/h6-10,13-14H,4-5,11-12,15-16H2,1-3H3. The third kappa shape index (κ3) is 4.41. The Hall–Kier alpha value is -3.65. The fraction of sp³-hybridized carbons (Fsp3) is 0.346. The maximum absolute atomic E-state index is 6.07. The number of ether oxygens (including phenoxy) is 2. The average Bonchev–Trinajstić information content (AvgIpc) is 3.46. The van der Waals surface area contributed by atoms with Crippen LogP contribution in [0, 0.1) is 6.92 Å². The third-order valence-electron chi connectivity index (χ3n) is 5.91. The van der Waals surface area contributed by atoms with Gasteiger partial charge in [-0.15, -0.1) is 10.2 Å². The van der Waals surface area contributed by atoms with Gasteiger partial charge in [-0.3, -0.25) is 4.90 Å². The minimum atomic E-state index is 0.421. The molecule has 4 aromatic rings. The summed E-state index contributed by atoms with van der Waals surface area (Å²) < 4.78 is 23.1. The fourth-order valence-electron chi connectivity index (χ4n) is 4.32. The minimum absolute atomic E-state index is 0.421. The molecule has 5 rings (SSSR count). The van der Waals surface area contributed by atoms with E-state index in [0.717, 1.165) is 42.1 Å².